The first-order chi connectivity index (χ1) is 5.72. The zero-order valence-corrected chi connectivity index (χ0v) is 6.73. The molecule has 1 aliphatic carbocycles. The van der Waals surface area contributed by atoms with Gasteiger partial charge >= 0.3 is 0 Å². The summed E-state index contributed by atoms with van der Waals surface area (Å²) in [5, 5.41) is 21.1. The summed E-state index contributed by atoms with van der Waals surface area (Å²) in [6.45, 7) is 0. The van der Waals surface area contributed by atoms with Crippen molar-refractivity contribution in [3.8, 4) is 0 Å². The Kier molecular flexibility index (Phi) is 1.54. The molecule has 3 heteroatoms. The highest BCUT2D eigenvalue weighted by Gasteiger charge is 2.42. The monoisotopic (exact) mass is 165 g/mol. The van der Waals surface area contributed by atoms with Crippen molar-refractivity contribution in [2.75, 3.05) is 0 Å². The molecular weight excluding hydrogens is 154 g/mol. The molecule has 2 rings (SSSR count). The van der Waals surface area contributed by atoms with E-state index in [0.717, 1.165) is 11.2 Å². The Labute approximate surface area is 70.9 Å². The van der Waals surface area contributed by atoms with Crippen molar-refractivity contribution in [2.45, 2.75) is 24.9 Å². The van der Waals surface area contributed by atoms with Gasteiger partial charge in [0.15, 0.2) is 6.20 Å². The van der Waals surface area contributed by atoms with Gasteiger partial charge < -0.3 is 10.3 Å². The van der Waals surface area contributed by atoms with Crippen molar-refractivity contribution in [3.05, 3.63) is 35.3 Å². The van der Waals surface area contributed by atoms with Crippen LogP contribution in [0.3, 0.4) is 0 Å². The molecule has 1 N–H and O–H groups in total. The minimum Gasteiger partial charge on any atom is -0.618 e. The molecule has 1 heterocycles. The lowest BCUT2D eigenvalue weighted by atomic mass is 9.77. The van der Waals surface area contributed by atoms with Gasteiger partial charge in [0.2, 0.25) is 5.69 Å². The predicted octanol–water partition coefficient (Wildman–Crippen LogP) is 0.692. The molecule has 0 radical (unpaired) electrons. The Balaban J connectivity index is 2.39. The van der Waals surface area contributed by atoms with Crippen LogP contribution in [0.25, 0.3) is 0 Å². The summed E-state index contributed by atoms with van der Waals surface area (Å²) >= 11 is 0. The average molecular weight is 165 g/mol. The summed E-state index contributed by atoms with van der Waals surface area (Å²) in [6, 6.07) is 5.13. The second-order valence-corrected chi connectivity index (χ2v) is 3.30. The number of nitrogens with zero attached hydrogens (tertiary/aromatic N) is 1. The summed E-state index contributed by atoms with van der Waals surface area (Å²) in [5.41, 5.74) is -0.362. The molecule has 0 atom stereocenters. The van der Waals surface area contributed by atoms with E-state index >= 15 is 0 Å². The largest absolute Gasteiger partial charge is 0.618 e. The molecule has 64 valence electrons. The van der Waals surface area contributed by atoms with Gasteiger partial charge in [-0.1, -0.05) is 0 Å². The van der Waals surface area contributed by atoms with Crippen LogP contribution in [0, 0.1) is 5.21 Å². The van der Waals surface area contributed by atoms with Gasteiger partial charge in [-0.05, 0) is 25.3 Å². The van der Waals surface area contributed by atoms with Gasteiger partial charge in [-0.3, -0.25) is 0 Å². The number of aliphatic hydroxyl groups is 1. The van der Waals surface area contributed by atoms with Gasteiger partial charge in [0.05, 0.1) is 0 Å². The van der Waals surface area contributed by atoms with E-state index in [9.17, 15) is 10.3 Å². The van der Waals surface area contributed by atoms with E-state index in [-0.39, 0.29) is 0 Å². The molecule has 0 saturated heterocycles. The number of hydrogen-bond donors (Lipinski definition) is 1. The van der Waals surface area contributed by atoms with Crippen LogP contribution in [0.1, 0.15) is 25.0 Å². The topological polar surface area (TPSA) is 47.2 Å². The van der Waals surface area contributed by atoms with Crippen LogP contribution in [0.2, 0.25) is 0 Å². The van der Waals surface area contributed by atoms with Crippen molar-refractivity contribution in [1.29, 1.82) is 0 Å². The fourth-order valence-corrected chi connectivity index (χ4v) is 1.56. The molecule has 1 aromatic rings. The van der Waals surface area contributed by atoms with Gasteiger partial charge in [-0.25, -0.2) is 0 Å². The quantitative estimate of drug-likeness (QED) is 0.491. The Bertz CT molecular complexity index is 294. The van der Waals surface area contributed by atoms with Gasteiger partial charge in [0.1, 0.15) is 5.60 Å². The van der Waals surface area contributed by atoms with Crippen LogP contribution in [-0.2, 0) is 5.60 Å². The number of aromatic nitrogens is 1. The highest BCUT2D eigenvalue weighted by molar-refractivity contribution is 5.11. The maximum atomic E-state index is 11.2. The zero-order valence-electron chi connectivity index (χ0n) is 6.73. The lowest BCUT2D eigenvalue weighted by Crippen LogP contribution is -2.45. The number of pyridine rings is 1. The first-order valence-electron chi connectivity index (χ1n) is 4.13. The summed E-state index contributed by atoms with van der Waals surface area (Å²) < 4.78 is 0.749. The minimum absolute atomic E-state index is 0.483. The summed E-state index contributed by atoms with van der Waals surface area (Å²) in [4.78, 5) is 0. The Morgan fingerprint density at radius 2 is 2.17 bits per heavy atom. The van der Waals surface area contributed by atoms with Crippen LogP contribution in [0.15, 0.2) is 24.4 Å². The first kappa shape index (κ1) is 7.55. The number of rotatable bonds is 1. The van der Waals surface area contributed by atoms with Crippen molar-refractivity contribution < 1.29 is 9.84 Å². The normalized spacial score (nSPS) is 20.1. The molecule has 0 bridgehead atoms. The van der Waals surface area contributed by atoms with Crippen LogP contribution in [0.4, 0.5) is 0 Å². The summed E-state index contributed by atoms with van der Waals surface area (Å²) in [6.07, 6.45) is 3.84. The average Bonchev–Trinajstić information content (AvgIpc) is 2.01. The molecule has 1 fully saturated rings. The van der Waals surface area contributed by atoms with E-state index in [1.807, 2.05) is 0 Å². The van der Waals surface area contributed by atoms with E-state index in [1.165, 1.54) is 6.20 Å². The first-order valence-corrected chi connectivity index (χ1v) is 4.13. The molecule has 3 nitrogen and oxygen atoms in total. The Morgan fingerprint density at radius 1 is 1.42 bits per heavy atom. The van der Waals surface area contributed by atoms with Crippen LogP contribution < -0.4 is 4.73 Å². The zero-order chi connectivity index (χ0) is 8.60. The SMILES string of the molecule is [O-][n+]1ccccc1C1(O)CCC1. The third-order valence-electron chi connectivity index (χ3n) is 2.48. The molecule has 1 aliphatic rings. The van der Waals surface area contributed by atoms with Crippen LogP contribution in [0.5, 0.6) is 0 Å². The molecule has 1 saturated carbocycles. The standard InChI is InChI=1S/C9H11NO2/c11-9(5-3-6-9)8-4-1-2-7-10(8)12/h1-2,4,7,11H,3,5-6H2. The molecule has 0 aliphatic heterocycles. The fraction of sp³-hybridized carbons (Fsp3) is 0.444. The third kappa shape index (κ3) is 0.975. The Hall–Kier alpha value is -1.09. The predicted molar refractivity (Wildman–Crippen MR) is 43.1 cm³/mol. The van der Waals surface area contributed by atoms with Crippen LogP contribution in [-0.4, -0.2) is 5.11 Å². The van der Waals surface area contributed by atoms with Crippen molar-refractivity contribution in [2.24, 2.45) is 0 Å². The van der Waals surface area contributed by atoms with E-state index in [0.29, 0.717) is 18.5 Å². The summed E-state index contributed by atoms with van der Waals surface area (Å²) in [5.74, 6) is 0. The van der Waals surface area contributed by atoms with Crippen LogP contribution >= 0.6 is 0 Å². The molecule has 0 unspecified atom stereocenters. The van der Waals surface area contributed by atoms with Gasteiger partial charge in [0.25, 0.3) is 0 Å². The smallest absolute Gasteiger partial charge is 0.224 e. The fourth-order valence-electron chi connectivity index (χ4n) is 1.56. The summed E-state index contributed by atoms with van der Waals surface area (Å²) in [7, 11) is 0. The van der Waals surface area contributed by atoms with E-state index < -0.39 is 5.60 Å². The number of hydrogen-bond acceptors (Lipinski definition) is 2. The van der Waals surface area contributed by atoms with E-state index in [1.54, 1.807) is 18.2 Å². The molecule has 12 heavy (non-hydrogen) atoms. The molecule has 1 aromatic heterocycles. The maximum Gasteiger partial charge on any atom is 0.224 e. The third-order valence-corrected chi connectivity index (χ3v) is 2.48. The lowest BCUT2D eigenvalue weighted by Gasteiger charge is -2.33. The second kappa shape index (κ2) is 2.45. The minimum atomic E-state index is -0.844. The highest BCUT2D eigenvalue weighted by Crippen LogP contribution is 2.39. The molecule has 0 spiro atoms. The van der Waals surface area contributed by atoms with Crippen molar-refractivity contribution in [1.82, 2.24) is 0 Å². The van der Waals surface area contributed by atoms with Gasteiger partial charge in [0, 0.05) is 12.1 Å². The van der Waals surface area contributed by atoms with Crippen molar-refractivity contribution >= 4 is 0 Å². The Morgan fingerprint density at radius 3 is 2.67 bits per heavy atom. The van der Waals surface area contributed by atoms with Gasteiger partial charge in [-0.2, -0.15) is 4.73 Å². The van der Waals surface area contributed by atoms with Gasteiger partial charge in [-0.15, -0.1) is 0 Å². The maximum absolute atomic E-state index is 11.2. The second-order valence-electron chi connectivity index (χ2n) is 3.30. The van der Waals surface area contributed by atoms with E-state index in [2.05, 4.69) is 0 Å². The molecule has 0 aromatic carbocycles. The molecular formula is C9H11NO2. The molecule has 0 amide bonds. The van der Waals surface area contributed by atoms with Crippen molar-refractivity contribution in [3.63, 3.8) is 0 Å². The highest BCUT2D eigenvalue weighted by atomic mass is 16.5. The van der Waals surface area contributed by atoms with E-state index in [4.69, 9.17) is 0 Å². The lowest BCUT2D eigenvalue weighted by molar-refractivity contribution is -0.624.